The molecule has 0 bridgehead atoms. The molecule has 1 aliphatic rings. The van der Waals surface area contributed by atoms with Gasteiger partial charge >= 0.3 is 5.97 Å². The number of likely N-dealkylation sites (N-methyl/N-ethyl adjacent to an activating group) is 1. The zero-order chi connectivity index (χ0) is 11.5. The van der Waals surface area contributed by atoms with Gasteiger partial charge in [0.05, 0.1) is 5.56 Å². The first-order valence-corrected chi connectivity index (χ1v) is 5.68. The number of carboxylic acid groups (broad SMARTS) is 1. The summed E-state index contributed by atoms with van der Waals surface area (Å²) >= 11 is 0. The van der Waals surface area contributed by atoms with Gasteiger partial charge in [-0.2, -0.15) is 0 Å². The van der Waals surface area contributed by atoms with Gasteiger partial charge in [0, 0.05) is 6.54 Å². The summed E-state index contributed by atoms with van der Waals surface area (Å²) in [6, 6.07) is 7.30. The highest BCUT2D eigenvalue weighted by molar-refractivity contribution is 5.87. The van der Waals surface area contributed by atoms with E-state index in [1.165, 1.54) is 24.9 Å². The van der Waals surface area contributed by atoms with Crippen LogP contribution in [0.4, 0.5) is 0 Å². The Morgan fingerprint density at radius 1 is 1.38 bits per heavy atom. The highest BCUT2D eigenvalue weighted by atomic mass is 16.4. The first-order valence-electron chi connectivity index (χ1n) is 5.68. The van der Waals surface area contributed by atoms with Crippen LogP contribution in [0.2, 0.25) is 0 Å². The SMILES string of the molecule is CN1CCC[C@H](c2ccc(C(=O)O)cc2)C1. The Hall–Kier alpha value is -1.35. The molecule has 1 atom stereocenters. The van der Waals surface area contributed by atoms with Crippen molar-refractivity contribution in [1.29, 1.82) is 0 Å². The van der Waals surface area contributed by atoms with E-state index in [4.69, 9.17) is 5.11 Å². The molecule has 0 spiro atoms. The van der Waals surface area contributed by atoms with Gasteiger partial charge in [0.15, 0.2) is 0 Å². The molecule has 1 aromatic carbocycles. The highest BCUT2D eigenvalue weighted by Crippen LogP contribution is 2.26. The van der Waals surface area contributed by atoms with E-state index in [2.05, 4.69) is 11.9 Å². The molecule has 0 saturated carbocycles. The first-order chi connectivity index (χ1) is 7.66. The van der Waals surface area contributed by atoms with Crippen LogP contribution in [0.5, 0.6) is 0 Å². The number of nitrogens with zero attached hydrogens (tertiary/aromatic N) is 1. The summed E-state index contributed by atoms with van der Waals surface area (Å²) in [5.41, 5.74) is 1.63. The van der Waals surface area contributed by atoms with Crippen LogP contribution in [0.15, 0.2) is 24.3 Å². The molecule has 0 aliphatic carbocycles. The molecular formula is C13H17NO2. The van der Waals surface area contributed by atoms with Crippen LogP contribution in [0.25, 0.3) is 0 Å². The molecule has 1 aromatic rings. The van der Waals surface area contributed by atoms with Gasteiger partial charge in [-0.25, -0.2) is 4.79 Å². The fraction of sp³-hybridized carbons (Fsp3) is 0.462. The Balaban J connectivity index is 2.11. The van der Waals surface area contributed by atoms with E-state index in [1.54, 1.807) is 12.1 Å². The summed E-state index contributed by atoms with van der Waals surface area (Å²) < 4.78 is 0. The van der Waals surface area contributed by atoms with Crippen molar-refractivity contribution in [3.8, 4) is 0 Å². The first kappa shape index (κ1) is 11.1. The largest absolute Gasteiger partial charge is 0.478 e. The van der Waals surface area contributed by atoms with E-state index in [0.29, 0.717) is 11.5 Å². The molecule has 86 valence electrons. The van der Waals surface area contributed by atoms with Crippen LogP contribution in [-0.2, 0) is 0 Å². The number of piperidine rings is 1. The minimum Gasteiger partial charge on any atom is -0.478 e. The summed E-state index contributed by atoms with van der Waals surface area (Å²) in [5, 5.41) is 8.82. The van der Waals surface area contributed by atoms with E-state index in [1.807, 2.05) is 12.1 Å². The van der Waals surface area contributed by atoms with Crippen molar-refractivity contribution in [1.82, 2.24) is 4.90 Å². The van der Waals surface area contributed by atoms with Crippen LogP contribution < -0.4 is 0 Å². The summed E-state index contributed by atoms with van der Waals surface area (Å²) in [5.74, 6) is -0.297. The van der Waals surface area contributed by atoms with Gasteiger partial charge in [0.1, 0.15) is 0 Å². The Morgan fingerprint density at radius 2 is 2.06 bits per heavy atom. The van der Waals surface area contributed by atoms with Crippen molar-refractivity contribution in [2.45, 2.75) is 18.8 Å². The number of hydrogen-bond donors (Lipinski definition) is 1. The van der Waals surface area contributed by atoms with Gasteiger partial charge in [0.25, 0.3) is 0 Å². The van der Waals surface area contributed by atoms with E-state index < -0.39 is 5.97 Å². The van der Waals surface area contributed by atoms with Crippen molar-refractivity contribution in [2.24, 2.45) is 0 Å². The quantitative estimate of drug-likeness (QED) is 0.829. The molecule has 0 aromatic heterocycles. The Labute approximate surface area is 95.7 Å². The molecule has 1 heterocycles. The highest BCUT2D eigenvalue weighted by Gasteiger charge is 2.18. The second-order valence-corrected chi connectivity index (χ2v) is 4.53. The smallest absolute Gasteiger partial charge is 0.335 e. The van der Waals surface area contributed by atoms with Crippen LogP contribution in [-0.4, -0.2) is 36.1 Å². The van der Waals surface area contributed by atoms with E-state index in [9.17, 15) is 4.79 Å². The number of carboxylic acids is 1. The second kappa shape index (κ2) is 4.66. The lowest BCUT2D eigenvalue weighted by Crippen LogP contribution is -2.30. The third-order valence-electron chi connectivity index (χ3n) is 3.25. The van der Waals surface area contributed by atoms with E-state index in [0.717, 1.165) is 6.54 Å². The number of likely N-dealkylation sites (tertiary alicyclic amines) is 1. The molecule has 2 rings (SSSR count). The van der Waals surface area contributed by atoms with Gasteiger partial charge < -0.3 is 10.0 Å². The summed E-state index contributed by atoms with van der Waals surface area (Å²) in [6.45, 7) is 2.25. The lowest BCUT2D eigenvalue weighted by Gasteiger charge is -2.29. The van der Waals surface area contributed by atoms with Crippen LogP contribution in [0.3, 0.4) is 0 Å². The monoisotopic (exact) mass is 219 g/mol. The van der Waals surface area contributed by atoms with Crippen molar-refractivity contribution < 1.29 is 9.90 Å². The predicted octanol–water partition coefficient (Wildman–Crippen LogP) is 2.19. The van der Waals surface area contributed by atoms with E-state index >= 15 is 0 Å². The zero-order valence-electron chi connectivity index (χ0n) is 9.52. The lowest BCUT2D eigenvalue weighted by atomic mass is 9.90. The molecule has 16 heavy (non-hydrogen) atoms. The maximum absolute atomic E-state index is 10.7. The second-order valence-electron chi connectivity index (χ2n) is 4.53. The molecule has 3 heteroatoms. The van der Waals surface area contributed by atoms with Gasteiger partial charge in [-0.05, 0) is 50.0 Å². The average Bonchev–Trinajstić information content (AvgIpc) is 2.29. The van der Waals surface area contributed by atoms with Crippen LogP contribution in [0, 0.1) is 0 Å². The summed E-state index contributed by atoms with van der Waals surface area (Å²) in [4.78, 5) is 13.1. The normalized spacial score (nSPS) is 21.9. The molecule has 0 radical (unpaired) electrons. The fourth-order valence-corrected chi connectivity index (χ4v) is 2.34. The van der Waals surface area contributed by atoms with Crippen molar-refractivity contribution in [3.63, 3.8) is 0 Å². The maximum Gasteiger partial charge on any atom is 0.335 e. The Kier molecular flexibility index (Phi) is 3.25. The number of benzene rings is 1. The molecule has 0 unspecified atom stereocenters. The summed E-state index contributed by atoms with van der Waals surface area (Å²) in [6.07, 6.45) is 2.43. The van der Waals surface area contributed by atoms with Gasteiger partial charge in [-0.1, -0.05) is 12.1 Å². The predicted molar refractivity (Wildman–Crippen MR) is 62.9 cm³/mol. The van der Waals surface area contributed by atoms with E-state index in [-0.39, 0.29) is 0 Å². The number of rotatable bonds is 2. The molecule has 0 amide bonds. The number of hydrogen-bond acceptors (Lipinski definition) is 2. The average molecular weight is 219 g/mol. The minimum absolute atomic E-state index is 0.368. The molecule has 1 N–H and O–H groups in total. The number of aromatic carboxylic acids is 1. The molecular weight excluding hydrogens is 202 g/mol. The molecule has 1 saturated heterocycles. The third kappa shape index (κ3) is 2.42. The lowest BCUT2D eigenvalue weighted by molar-refractivity contribution is 0.0697. The molecule has 1 aliphatic heterocycles. The summed E-state index contributed by atoms with van der Waals surface area (Å²) in [7, 11) is 2.14. The maximum atomic E-state index is 10.7. The van der Waals surface area contributed by atoms with Gasteiger partial charge in [-0.3, -0.25) is 0 Å². The van der Waals surface area contributed by atoms with Crippen LogP contribution in [0.1, 0.15) is 34.7 Å². The Bertz CT molecular complexity index is 372. The topological polar surface area (TPSA) is 40.5 Å². The van der Waals surface area contributed by atoms with Crippen molar-refractivity contribution >= 4 is 5.97 Å². The van der Waals surface area contributed by atoms with Gasteiger partial charge in [0.2, 0.25) is 0 Å². The fourth-order valence-electron chi connectivity index (χ4n) is 2.34. The number of carbonyl (C=O) groups is 1. The van der Waals surface area contributed by atoms with Crippen molar-refractivity contribution in [2.75, 3.05) is 20.1 Å². The van der Waals surface area contributed by atoms with Crippen LogP contribution >= 0.6 is 0 Å². The molecule has 1 fully saturated rings. The Morgan fingerprint density at radius 3 is 2.62 bits per heavy atom. The van der Waals surface area contributed by atoms with Crippen molar-refractivity contribution in [3.05, 3.63) is 35.4 Å². The minimum atomic E-state index is -0.854. The standard InChI is InChI=1S/C13H17NO2/c1-14-8-2-3-12(9-14)10-4-6-11(7-5-10)13(15)16/h4-7,12H,2-3,8-9H2,1H3,(H,15,16)/t12-/m0/s1. The molecule has 3 nitrogen and oxygen atoms in total. The zero-order valence-corrected chi connectivity index (χ0v) is 9.52. The van der Waals surface area contributed by atoms with Gasteiger partial charge in [-0.15, -0.1) is 0 Å². The third-order valence-corrected chi connectivity index (χ3v) is 3.25.